The molecule has 1 aromatic heterocycles. The van der Waals surface area contributed by atoms with Crippen molar-refractivity contribution in [2.45, 2.75) is 30.5 Å². The maximum absolute atomic E-state index is 12.8. The Morgan fingerprint density at radius 2 is 2.03 bits per heavy atom. The number of methoxy groups -OCH3 is 1. The molecule has 0 fully saturated rings. The second-order valence-electron chi connectivity index (χ2n) is 7.28. The van der Waals surface area contributed by atoms with Crippen LogP contribution >= 0.6 is 11.3 Å². The fourth-order valence-corrected chi connectivity index (χ4v) is 3.92. The highest BCUT2D eigenvalue weighted by Crippen LogP contribution is 2.29. The third-order valence-corrected chi connectivity index (χ3v) is 5.83. The Hall–Kier alpha value is -2.76. The van der Waals surface area contributed by atoms with Gasteiger partial charge in [-0.1, -0.05) is 24.3 Å². The molecule has 0 radical (unpaired) electrons. The van der Waals surface area contributed by atoms with Crippen LogP contribution in [0.15, 0.2) is 47.2 Å². The largest absolute Gasteiger partial charge is 0.489 e. The first-order chi connectivity index (χ1) is 15.3. The van der Waals surface area contributed by atoms with Crippen LogP contribution in [-0.4, -0.2) is 78.4 Å². The molecule has 1 aliphatic heterocycles. The molecule has 1 aromatic carbocycles. The molecule has 0 bridgehead atoms. The number of aliphatic hydroxyl groups is 3. The number of nitrogens with zero attached hydrogens (tertiary/aromatic N) is 1. The third-order valence-electron chi connectivity index (χ3n) is 5.13. The minimum absolute atomic E-state index is 0.118. The van der Waals surface area contributed by atoms with Crippen LogP contribution in [0.25, 0.3) is 6.08 Å². The van der Waals surface area contributed by atoms with Crippen molar-refractivity contribution in [1.82, 2.24) is 5.32 Å². The van der Waals surface area contributed by atoms with Gasteiger partial charge >= 0.3 is 0 Å². The number of hydrogen-bond acceptors (Lipinski definition) is 8. The molecule has 32 heavy (non-hydrogen) atoms. The van der Waals surface area contributed by atoms with Gasteiger partial charge in [-0.2, -0.15) is 11.3 Å². The van der Waals surface area contributed by atoms with Crippen molar-refractivity contribution in [2.75, 3.05) is 25.7 Å². The number of anilines is 1. The van der Waals surface area contributed by atoms with E-state index in [1.165, 1.54) is 29.4 Å². The number of thiophene rings is 1. The normalized spacial score (nSPS) is 20.1. The van der Waals surface area contributed by atoms with Gasteiger partial charge in [0, 0.05) is 14.2 Å². The fraction of sp³-hybridized carbons (Fsp3) is 0.364. The molecule has 0 aliphatic carbocycles. The number of para-hydroxylation sites is 2. The summed E-state index contributed by atoms with van der Waals surface area (Å²) in [6.07, 6.45) is -3.52. The molecule has 10 heteroatoms. The Kier molecular flexibility index (Phi) is 7.99. The van der Waals surface area contributed by atoms with Gasteiger partial charge in [0.25, 0.3) is 11.8 Å². The van der Waals surface area contributed by atoms with E-state index in [1.807, 2.05) is 16.8 Å². The average molecular weight is 463 g/mol. The van der Waals surface area contributed by atoms with E-state index in [0.29, 0.717) is 11.4 Å². The zero-order valence-corrected chi connectivity index (χ0v) is 18.4. The van der Waals surface area contributed by atoms with E-state index in [0.717, 1.165) is 5.56 Å². The Labute approximate surface area is 189 Å². The summed E-state index contributed by atoms with van der Waals surface area (Å²) < 4.78 is 10.7. The van der Waals surface area contributed by atoms with Crippen LogP contribution in [0.2, 0.25) is 0 Å². The second kappa shape index (κ2) is 10.7. The van der Waals surface area contributed by atoms with E-state index in [9.17, 15) is 24.9 Å². The Balaban J connectivity index is 1.65. The van der Waals surface area contributed by atoms with Gasteiger partial charge in [0.2, 0.25) is 0 Å². The van der Waals surface area contributed by atoms with Crippen LogP contribution in [0, 0.1) is 0 Å². The maximum Gasteiger partial charge on any atom is 0.252 e. The lowest BCUT2D eigenvalue weighted by atomic mass is 10.0. The number of ether oxygens (including phenoxy) is 2. The zero-order chi connectivity index (χ0) is 23.3. The molecule has 0 saturated heterocycles. The zero-order valence-electron chi connectivity index (χ0n) is 17.6. The van der Waals surface area contributed by atoms with Crippen molar-refractivity contribution < 1.29 is 34.4 Å². The lowest BCUT2D eigenvalue weighted by molar-refractivity contribution is -0.150. The van der Waals surface area contributed by atoms with Gasteiger partial charge in [-0.15, -0.1) is 0 Å². The van der Waals surface area contributed by atoms with E-state index < -0.39 is 42.3 Å². The molecular formula is C22H26N2O7S. The molecule has 0 unspecified atom stereocenters. The number of fused-ring (bicyclic) bond motifs is 1. The highest BCUT2D eigenvalue weighted by molar-refractivity contribution is 7.08. The van der Waals surface area contributed by atoms with Gasteiger partial charge in [0.15, 0.2) is 6.10 Å². The standard InChI is InChI=1S/C22H26N2O7S/c1-24-15-5-3-4-6-17(15)31-11-14(22(24)29)23-21(28)20(30-2)19(27)18(26)16(25)8-7-13-9-10-32-12-13/h3-10,12,14,16,18-20,25-27H,11H2,1-2H3,(H,23,28)/t14-,16+,18-,19+,20+/m0/s1. The fourth-order valence-electron chi connectivity index (χ4n) is 3.29. The van der Waals surface area contributed by atoms with Crippen molar-refractivity contribution in [3.05, 3.63) is 52.7 Å². The van der Waals surface area contributed by atoms with Gasteiger partial charge in [0.1, 0.15) is 36.7 Å². The summed E-state index contributed by atoms with van der Waals surface area (Å²) in [5, 5.41) is 37.2. The van der Waals surface area contributed by atoms with E-state index >= 15 is 0 Å². The van der Waals surface area contributed by atoms with Crippen LogP contribution in [0.4, 0.5) is 5.69 Å². The molecule has 2 amide bonds. The molecule has 4 N–H and O–H groups in total. The predicted molar refractivity (Wildman–Crippen MR) is 119 cm³/mol. The van der Waals surface area contributed by atoms with Gasteiger partial charge < -0.3 is 35.0 Å². The first kappa shape index (κ1) is 23.9. The predicted octanol–water partition coefficient (Wildman–Crippen LogP) is 0.399. The number of likely N-dealkylation sites (N-methyl/N-ethyl adjacent to an activating group) is 1. The minimum Gasteiger partial charge on any atom is -0.489 e. The van der Waals surface area contributed by atoms with Crippen molar-refractivity contribution >= 4 is 34.9 Å². The first-order valence-corrected chi connectivity index (χ1v) is 10.8. The summed E-state index contributed by atoms with van der Waals surface area (Å²) in [5.41, 5.74) is 1.39. The number of nitrogens with one attached hydrogen (secondary N) is 1. The maximum atomic E-state index is 12.8. The Morgan fingerprint density at radius 3 is 2.72 bits per heavy atom. The lowest BCUT2D eigenvalue weighted by Crippen LogP contribution is -2.56. The van der Waals surface area contributed by atoms with Crippen molar-refractivity contribution in [2.24, 2.45) is 0 Å². The lowest BCUT2D eigenvalue weighted by Gasteiger charge is -2.28. The number of carbonyl (C=O) groups excluding carboxylic acids is 2. The summed E-state index contributed by atoms with van der Waals surface area (Å²) in [6, 6.07) is 7.76. The number of benzene rings is 1. The monoisotopic (exact) mass is 462 g/mol. The smallest absolute Gasteiger partial charge is 0.252 e. The van der Waals surface area contributed by atoms with E-state index in [-0.39, 0.29) is 6.61 Å². The molecule has 2 aromatic rings. The number of rotatable bonds is 8. The number of aliphatic hydroxyl groups excluding tert-OH is 3. The molecule has 0 saturated carbocycles. The van der Waals surface area contributed by atoms with Crippen LogP contribution in [-0.2, 0) is 14.3 Å². The van der Waals surface area contributed by atoms with Crippen molar-refractivity contribution in [3.8, 4) is 5.75 Å². The Morgan fingerprint density at radius 1 is 1.28 bits per heavy atom. The van der Waals surface area contributed by atoms with E-state index in [4.69, 9.17) is 9.47 Å². The summed E-state index contributed by atoms with van der Waals surface area (Å²) >= 11 is 1.47. The van der Waals surface area contributed by atoms with Gasteiger partial charge in [-0.05, 0) is 34.5 Å². The van der Waals surface area contributed by atoms with Crippen LogP contribution in [0.5, 0.6) is 5.75 Å². The molecule has 172 valence electrons. The summed E-state index contributed by atoms with van der Waals surface area (Å²) in [6.45, 7) is -0.118. The first-order valence-electron chi connectivity index (χ1n) is 9.90. The van der Waals surface area contributed by atoms with E-state index in [1.54, 1.807) is 37.4 Å². The minimum atomic E-state index is -1.75. The number of hydrogen-bond donors (Lipinski definition) is 4. The van der Waals surface area contributed by atoms with Gasteiger partial charge in [0.05, 0.1) is 5.69 Å². The van der Waals surface area contributed by atoms with Gasteiger partial charge in [-0.25, -0.2) is 0 Å². The SMILES string of the molecule is CO[C@@H](C(=O)N[C@H]1COc2ccccc2N(C)C1=O)[C@H](O)[C@@H](O)[C@H](O)C=Cc1ccsc1. The van der Waals surface area contributed by atoms with E-state index in [2.05, 4.69) is 5.32 Å². The highest BCUT2D eigenvalue weighted by Gasteiger charge is 2.38. The van der Waals surface area contributed by atoms with Crippen LogP contribution < -0.4 is 15.0 Å². The molecule has 9 nitrogen and oxygen atoms in total. The quantitative estimate of drug-likeness (QED) is 0.447. The van der Waals surface area contributed by atoms with Crippen LogP contribution in [0.3, 0.4) is 0 Å². The number of amides is 2. The molecule has 0 spiro atoms. The topological polar surface area (TPSA) is 129 Å². The average Bonchev–Trinajstić information content (AvgIpc) is 3.29. The van der Waals surface area contributed by atoms with Crippen LogP contribution in [0.1, 0.15) is 5.56 Å². The van der Waals surface area contributed by atoms with Crippen molar-refractivity contribution in [3.63, 3.8) is 0 Å². The third kappa shape index (κ3) is 5.34. The number of carbonyl (C=O) groups is 2. The molecule has 1 aliphatic rings. The van der Waals surface area contributed by atoms with Gasteiger partial charge in [-0.3, -0.25) is 9.59 Å². The molecule has 5 atom stereocenters. The highest BCUT2D eigenvalue weighted by atomic mass is 32.1. The molecule has 2 heterocycles. The molecule has 3 rings (SSSR count). The summed E-state index contributed by atoms with van der Waals surface area (Å²) in [7, 11) is 2.75. The molecular weight excluding hydrogens is 436 g/mol. The van der Waals surface area contributed by atoms with Crippen molar-refractivity contribution in [1.29, 1.82) is 0 Å². The summed E-state index contributed by atoms with van der Waals surface area (Å²) in [4.78, 5) is 26.9. The second-order valence-corrected chi connectivity index (χ2v) is 8.06. The summed E-state index contributed by atoms with van der Waals surface area (Å²) in [5.74, 6) is -0.735. The Bertz CT molecular complexity index is 950.